The van der Waals surface area contributed by atoms with E-state index in [1.807, 2.05) is 0 Å². The quantitative estimate of drug-likeness (QED) is 0.0821. The van der Waals surface area contributed by atoms with E-state index in [2.05, 4.69) is 4.98 Å². The number of hydrogen-bond donors (Lipinski definition) is 0. The second-order valence-electron chi connectivity index (χ2n) is 10.2. The molecule has 0 aliphatic heterocycles. The summed E-state index contributed by atoms with van der Waals surface area (Å²) in [6.07, 6.45) is -5.07. The number of likely N-dealkylation sites (N-methyl/N-ethyl adjacent to an activating group) is 1. The molecule has 1 aromatic heterocycles. The summed E-state index contributed by atoms with van der Waals surface area (Å²) in [6.45, 7) is -12.0. The van der Waals surface area contributed by atoms with Gasteiger partial charge in [-0.15, -0.1) is 0 Å². The molecular weight excluding hydrogens is 640 g/mol. The third-order valence-corrected chi connectivity index (χ3v) is 8.01. The number of halogens is 4. The molecule has 0 bridgehead atoms. The van der Waals surface area contributed by atoms with Crippen LogP contribution in [0.3, 0.4) is 0 Å². The largest absolute Gasteiger partial charge is 0.416 e. The number of alkyl halides is 3. The van der Waals surface area contributed by atoms with Crippen LogP contribution < -0.4 is 5.56 Å². The molecule has 0 unspecified atom stereocenters. The van der Waals surface area contributed by atoms with Gasteiger partial charge in [0.15, 0.2) is 5.16 Å². The Balaban J connectivity index is 1.77. The molecule has 1 amide bonds. The zero-order valence-corrected chi connectivity index (χ0v) is 26.6. The molecule has 0 atom stereocenters. The first-order valence-electron chi connectivity index (χ1n) is 23.9. The maximum Gasteiger partial charge on any atom is 0.416 e. The molecule has 5 rings (SSSR count). The Hall–Kier alpha value is -3.96. The number of nitrogens with zero attached hydrogens (tertiary/aromatic N) is 4. The third kappa shape index (κ3) is 8.54. The van der Waals surface area contributed by atoms with Crippen LogP contribution in [0.25, 0.3) is 11.1 Å². The molecule has 0 saturated heterocycles. The number of aromatic nitrogens is 2. The van der Waals surface area contributed by atoms with E-state index in [4.69, 9.17) is 20.6 Å². The Bertz CT molecular complexity index is 2660. The molecule has 0 spiro atoms. The van der Waals surface area contributed by atoms with E-state index in [-0.39, 0.29) is 35.4 Å². The van der Waals surface area contributed by atoms with Gasteiger partial charge in [0.25, 0.3) is 5.56 Å². The standard InChI is InChI=1S/C37H40F4N4O2S/c1-4-43(5-2)19-20-44(22-26-9-13-28(14-10-26)29-15-18-32(25(3)21-29)37(39,40)41)34(46)23-45-33-8-6-7-31(33)35(47)42-36(45)48-24-27-11-16-30(38)17-12-27/h9-18,21H,4-8,19-20,22-24H2,1-3H3/i4D2,5D2,9D,10D,11D,12D,13D,14D,15D,16D,17D,18D,21D,22D2,23D2. The van der Waals surface area contributed by atoms with Gasteiger partial charge in [-0.05, 0) is 85.1 Å². The summed E-state index contributed by atoms with van der Waals surface area (Å²) in [5.74, 6) is -4.01. The minimum absolute atomic E-state index is 0.0265. The summed E-state index contributed by atoms with van der Waals surface area (Å²) >= 11 is 0.426. The van der Waals surface area contributed by atoms with Crippen LogP contribution in [-0.2, 0) is 42.6 Å². The molecular formula is C37H40F4N4O2S. The Morgan fingerprint density at radius 1 is 0.979 bits per heavy atom. The normalized spacial score (nSPS) is 19.7. The van der Waals surface area contributed by atoms with Crippen molar-refractivity contribution in [3.63, 3.8) is 0 Å². The maximum absolute atomic E-state index is 15.0. The molecule has 11 heteroatoms. The maximum atomic E-state index is 15.0. The van der Waals surface area contributed by atoms with Crippen LogP contribution in [0.1, 0.15) is 79.8 Å². The SMILES string of the molecule is [2H]c1c([2H])c(CSc2nc(=O)c3c(n2C([2H])([2H])C(=O)N(CCN(C([2H])([2H])C)C([2H])([2H])C)C([2H])([2H])c2c([2H])c([2H])c(-c4c([2H])c([2H])c(C(F)(F)F)c(C)c4[2H])c([2H])c2[2H])CCC3)c([2H])c([2H])c1F. The average molecular weight is 700 g/mol. The lowest BCUT2D eigenvalue weighted by atomic mass is 9.98. The molecule has 0 fully saturated rings. The monoisotopic (exact) mass is 699 g/mol. The smallest absolute Gasteiger partial charge is 0.336 e. The van der Waals surface area contributed by atoms with Crippen molar-refractivity contribution in [2.75, 3.05) is 26.1 Å². The van der Waals surface area contributed by atoms with Gasteiger partial charge >= 0.3 is 6.18 Å². The van der Waals surface area contributed by atoms with E-state index in [0.29, 0.717) is 21.2 Å². The first-order valence-corrected chi connectivity index (χ1v) is 15.3. The average Bonchev–Trinajstić information content (AvgIpc) is 3.69. The number of amides is 1. The van der Waals surface area contributed by atoms with Crippen LogP contribution in [0.2, 0.25) is 0 Å². The number of carbonyl (C=O) groups excluding carboxylic acids is 1. The topological polar surface area (TPSA) is 58.4 Å². The molecule has 0 saturated carbocycles. The zero-order chi connectivity index (χ0) is 51.2. The molecule has 48 heavy (non-hydrogen) atoms. The molecule has 254 valence electrons. The van der Waals surface area contributed by atoms with Crippen LogP contribution in [0, 0.1) is 12.7 Å². The van der Waals surface area contributed by atoms with Crippen molar-refractivity contribution in [2.45, 2.75) is 70.1 Å². The zero-order valence-electron chi connectivity index (χ0n) is 44.8. The highest BCUT2D eigenvalue weighted by Crippen LogP contribution is 2.34. The predicted octanol–water partition coefficient (Wildman–Crippen LogP) is 7.53. The predicted molar refractivity (Wildman–Crippen MR) is 181 cm³/mol. The van der Waals surface area contributed by atoms with Crippen molar-refractivity contribution in [3.05, 3.63) is 116 Å². The Kier molecular flexibility index (Phi) is 5.86. The fraction of sp³-hybridized carbons (Fsp3) is 0.378. The highest BCUT2D eigenvalue weighted by molar-refractivity contribution is 7.98. The second kappa shape index (κ2) is 15.5. The van der Waals surface area contributed by atoms with Gasteiger partial charge < -0.3 is 14.4 Å². The van der Waals surface area contributed by atoms with E-state index >= 15 is 4.79 Å². The Labute approximate surface area is 309 Å². The number of carbonyl (C=O) groups is 1. The van der Waals surface area contributed by atoms with Crippen molar-refractivity contribution in [1.82, 2.24) is 19.4 Å². The van der Waals surface area contributed by atoms with Gasteiger partial charge in [-0.25, -0.2) is 4.39 Å². The molecule has 1 aliphatic carbocycles. The van der Waals surface area contributed by atoms with E-state index in [9.17, 15) is 27.8 Å². The molecule has 6 nitrogen and oxygen atoms in total. The summed E-state index contributed by atoms with van der Waals surface area (Å²) < 4.78 is 220. The summed E-state index contributed by atoms with van der Waals surface area (Å²) in [7, 11) is 0. The van der Waals surface area contributed by atoms with Crippen LogP contribution in [0.4, 0.5) is 17.6 Å². The first-order chi connectivity index (χ1) is 30.4. The van der Waals surface area contributed by atoms with Gasteiger partial charge in [0.05, 0.1) is 26.1 Å². The molecule has 1 heterocycles. The van der Waals surface area contributed by atoms with Crippen LogP contribution >= 0.6 is 11.8 Å². The lowest BCUT2D eigenvalue weighted by Gasteiger charge is -2.28. The van der Waals surface area contributed by atoms with E-state index < -0.39 is 173 Å². The van der Waals surface area contributed by atoms with Gasteiger partial charge in [-0.1, -0.05) is 73.9 Å². The van der Waals surface area contributed by atoms with Gasteiger partial charge in [-0.3, -0.25) is 9.59 Å². The number of rotatable bonds is 13. The molecule has 0 radical (unpaired) electrons. The Morgan fingerprint density at radius 3 is 2.31 bits per heavy atom. The number of thioether (sulfide) groups is 1. The number of benzene rings is 3. The van der Waals surface area contributed by atoms with Crippen molar-refractivity contribution in [2.24, 2.45) is 0 Å². The number of hydrogen-bond acceptors (Lipinski definition) is 5. The van der Waals surface area contributed by atoms with Crippen molar-refractivity contribution in [1.29, 1.82) is 0 Å². The summed E-state index contributed by atoms with van der Waals surface area (Å²) in [5, 5.41) is -0.631. The molecule has 4 aromatic rings. The minimum atomic E-state index is -5.23. The van der Waals surface area contributed by atoms with E-state index in [1.165, 1.54) is 0 Å². The minimum Gasteiger partial charge on any atom is -0.336 e. The van der Waals surface area contributed by atoms with Crippen molar-refractivity contribution in [3.8, 4) is 11.1 Å². The van der Waals surface area contributed by atoms with Crippen molar-refractivity contribution < 1.29 is 48.4 Å². The van der Waals surface area contributed by atoms with Crippen LogP contribution in [0.5, 0.6) is 0 Å². The van der Waals surface area contributed by atoms with Crippen molar-refractivity contribution >= 4 is 17.7 Å². The van der Waals surface area contributed by atoms with Gasteiger partial charge in [0.2, 0.25) is 5.91 Å². The highest BCUT2D eigenvalue weighted by atomic mass is 32.2. The summed E-state index contributed by atoms with van der Waals surface area (Å²) in [4.78, 5) is 32.8. The third-order valence-electron chi connectivity index (χ3n) is 7.04. The van der Waals surface area contributed by atoms with Gasteiger partial charge in [0, 0.05) is 42.1 Å². The fourth-order valence-electron chi connectivity index (χ4n) is 4.71. The molecule has 1 aliphatic rings. The molecule has 0 N–H and O–H groups in total. The van der Waals surface area contributed by atoms with Gasteiger partial charge in [0.1, 0.15) is 12.3 Å². The van der Waals surface area contributed by atoms with Crippen LogP contribution in [0.15, 0.2) is 76.4 Å². The van der Waals surface area contributed by atoms with Crippen LogP contribution in [-0.4, -0.2) is 51.3 Å². The fourth-order valence-corrected chi connectivity index (χ4v) is 5.56. The summed E-state index contributed by atoms with van der Waals surface area (Å²) in [5.41, 5.74) is -7.35. The van der Waals surface area contributed by atoms with Gasteiger partial charge in [-0.2, -0.15) is 18.2 Å². The molecule has 3 aromatic carbocycles. The van der Waals surface area contributed by atoms with E-state index in [0.717, 1.165) is 20.8 Å². The lowest BCUT2D eigenvalue weighted by Crippen LogP contribution is -2.40. The first kappa shape index (κ1) is 18.2. The number of fused-ring (bicyclic) bond motifs is 1. The summed E-state index contributed by atoms with van der Waals surface area (Å²) in [6, 6.07) is -12.9. The second-order valence-corrected chi connectivity index (χ2v) is 11.1. The highest BCUT2D eigenvalue weighted by Gasteiger charge is 2.32. The van der Waals surface area contributed by atoms with E-state index in [1.54, 1.807) is 0 Å². The Morgan fingerprint density at radius 2 is 1.65 bits per heavy atom. The lowest BCUT2D eigenvalue weighted by molar-refractivity contribution is -0.138.